The zero-order chi connectivity index (χ0) is 20.1. The van der Waals surface area contributed by atoms with Crippen molar-refractivity contribution in [1.82, 2.24) is 10.2 Å². The van der Waals surface area contributed by atoms with Crippen molar-refractivity contribution in [2.24, 2.45) is 4.99 Å². The van der Waals surface area contributed by atoms with E-state index in [-0.39, 0.29) is 42.4 Å². The Balaban J connectivity index is 0.00000392. The van der Waals surface area contributed by atoms with Gasteiger partial charge in [-0.1, -0.05) is 24.3 Å². The molecule has 1 aliphatic heterocycles. The molecule has 0 aliphatic carbocycles. The van der Waals surface area contributed by atoms with E-state index in [9.17, 15) is 8.42 Å². The van der Waals surface area contributed by atoms with E-state index in [1.54, 1.807) is 20.8 Å². The second-order valence-corrected chi connectivity index (χ2v) is 10.7. The highest BCUT2D eigenvalue weighted by Crippen LogP contribution is 2.25. The lowest BCUT2D eigenvalue weighted by molar-refractivity contribution is -0.00831. The van der Waals surface area contributed by atoms with Crippen LogP contribution in [0.2, 0.25) is 0 Å². The van der Waals surface area contributed by atoms with Crippen molar-refractivity contribution >= 4 is 39.8 Å². The molecular formula is C20H34IN3O3S. The number of guanidine groups is 1. The van der Waals surface area contributed by atoms with E-state index in [0.29, 0.717) is 13.2 Å². The Morgan fingerprint density at radius 2 is 2.00 bits per heavy atom. The van der Waals surface area contributed by atoms with E-state index in [4.69, 9.17) is 4.74 Å². The molecule has 1 heterocycles. The van der Waals surface area contributed by atoms with Gasteiger partial charge in [-0.25, -0.2) is 8.42 Å². The molecule has 160 valence electrons. The average molecular weight is 523 g/mol. The number of benzene rings is 1. The van der Waals surface area contributed by atoms with E-state index in [0.717, 1.165) is 19.0 Å². The minimum atomic E-state index is -3.18. The number of sulfone groups is 1. The van der Waals surface area contributed by atoms with Crippen LogP contribution in [0.15, 0.2) is 29.3 Å². The zero-order valence-corrected chi connectivity index (χ0v) is 20.7. The summed E-state index contributed by atoms with van der Waals surface area (Å²) < 4.78 is 29.9. The van der Waals surface area contributed by atoms with Gasteiger partial charge < -0.3 is 15.0 Å². The number of halogens is 1. The molecule has 1 aromatic rings. The number of rotatable bonds is 5. The molecule has 0 spiro atoms. The Morgan fingerprint density at radius 1 is 1.32 bits per heavy atom. The molecule has 1 fully saturated rings. The number of morpholine rings is 1. The summed E-state index contributed by atoms with van der Waals surface area (Å²) in [6, 6.07) is 8.25. The molecule has 2 rings (SSSR count). The van der Waals surface area contributed by atoms with Crippen molar-refractivity contribution in [3.8, 4) is 0 Å². The normalized spacial score (nSPS) is 18.5. The highest BCUT2D eigenvalue weighted by Gasteiger charge is 2.29. The fraction of sp³-hybridized carbons (Fsp3) is 0.650. The van der Waals surface area contributed by atoms with Crippen LogP contribution in [-0.2, 0) is 14.6 Å². The molecule has 6 nitrogen and oxygen atoms in total. The number of hydrogen-bond donors (Lipinski definition) is 1. The highest BCUT2D eigenvalue weighted by molar-refractivity contribution is 14.0. The first-order valence-corrected chi connectivity index (χ1v) is 11.2. The standard InChI is InChI=1S/C20H33N3O3S.HI/c1-6-21-19(22-11-14-27(24,25)20(3,4)5)23-12-13-26-18(15-23)17-10-8-7-9-16(17)2;/h7-10,18H,6,11-15H2,1-5H3,(H,21,22);1H. The molecule has 0 radical (unpaired) electrons. The summed E-state index contributed by atoms with van der Waals surface area (Å²) in [7, 11) is -3.18. The third-order valence-electron chi connectivity index (χ3n) is 4.79. The number of aryl methyl sites for hydroxylation is 1. The first-order chi connectivity index (χ1) is 12.7. The van der Waals surface area contributed by atoms with Gasteiger partial charge in [-0.05, 0) is 45.7 Å². The number of nitrogens with one attached hydrogen (secondary N) is 1. The van der Waals surface area contributed by atoms with E-state index < -0.39 is 14.6 Å². The lowest BCUT2D eigenvalue weighted by Crippen LogP contribution is -2.48. The smallest absolute Gasteiger partial charge is 0.194 e. The largest absolute Gasteiger partial charge is 0.370 e. The van der Waals surface area contributed by atoms with Crippen LogP contribution in [0.25, 0.3) is 0 Å². The van der Waals surface area contributed by atoms with E-state index in [2.05, 4.69) is 34.3 Å². The second-order valence-electron chi connectivity index (χ2n) is 7.83. The quantitative estimate of drug-likeness (QED) is 0.365. The van der Waals surface area contributed by atoms with Gasteiger partial charge in [0.05, 0.1) is 30.2 Å². The molecular weight excluding hydrogens is 489 g/mol. The maximum atomic E-state index is 12.3. The van der Waals surface area contributed by atoms with Gasteiger partial charge in [-0.3, -0.25) is 4.99 Å². The summed E-state index contributed by atoms with van der Waals surface area (Å²) in [5, 5.41) is 3.29. The molecule has 1 aromatic carbocycles. The van der Waals surface area contributed by atoms with Crippen molar-refractivity contribution < 1.29 is 13.2 Å². The number of aliphatic imine (C=N–C) groups is 1. The lowest BCUT2D eigenvalue weighted by atomic mass is 10.0. The summed E-state index contributed by atoms with van der Waals surface area (Å²) in [5.74, 6) is 0.806. The van der Waals surface area contributed by atoms with Crippen molar-refractivity contribution in [3.63, 3.8) is 0 Å². The van der Waals surface area contributed by atoms with Crippen LogP contribution in [0, 0.1) is 6.92 Å². The monoisotopic (exact) mass is 523 g/mol. The van der Waals surface area contributed by atoms with Gasteiger partial charge in [0, 0.05) is 13.1 Å². The zero-order valence-electron chi connectivity index (χ0n) is 17.6. The predicted molar refractivity (Wildman–Crippen MR) is 126 cm³/mol. The van der Waals surface area contributed by atoms with Crippen LogP contribution in [-0.4, -0.2) is 62.6 Å². The number of nitrogens with zero attached hydrogens (tertiary/aromatic N) is 2. The van der Waals surface area contributed by atoms with Crippen molar-refractivity contribution in [2.45, 2.75) is 45.5 Å². The van der Waals surface area contributed by atoms with Crippen LogP contribution < -0.4 is 5.32 Å². The van der Waals surface area contributed by atoms with Crippen LogP contribution in [0.3, 0.4) is 0 Å². The molecule has 1 saturated heterocycles. The van der Waals surface area contributed by atoms with Crippen LogP contribution in [0.4, 0.5) is 0 Å². The molecule has 0 saturated carbocycles. The van der Waals surface area contributed by atoms with Gasteiger partial charge in [-0.2, -0.15) is 0 Å². The van der Waals surface area contributed by atoms with Gasteiger partial charge >= 0.3 is 0 Å². The third kappa shape index (κ3) is 6.59. The Hall–Kier alpha value is -0.870. The van der Waals surface area contributed by atoms with Crippen LogP contribution in [0.1, 0.15) is 44.9 Å². The van der Waals surface area contributed by atoms with Gasteiger partial charge in [-0.15, -0.1) is 24.0 Å². The average Bonchev–Trinajstić information content (AvgIpc) is 2.60. The van der Waals surface area contributed by atoms with Gasteiger partial charge in [0.2, 0.25) is 0 Å². The van der Waals surface area contributed by atoms with E-state index >= 15 is 0 Å². The van der Waals surface area contributed by atoms with E-state index in [1.807, 2.05) is 19.1 Å². The molecule has 1 N–H and O–H groups in total. The molecule has 0 bridgehead atoms. The Bertz CT molecular complexity index is 760. The summed E-state index contributed by atoms with van der Waals surface area (Å²) in [6.45, 7) is 12.3. The molecule has 8 heteroatoms. The SMILES string of the molecule is CCNC(=NCCS(=O)(=O)C(C)(C)C)N1CCOC(c2ccccc2C)C1.I. The van der Waals surface area contributed by atoms with Crippen molar-refractivity contribution in [1.29, 1.82) is 0 Å². The second kappa shape index (κ2) is 10.8. The molecule has 0 amide bonds. The summed E-state index contributed by atoms with van der Waals surface area (Å²) >= 11 is 0. The lowest BCUT2D eigenvalue weighted by Gasteiger charge is -2.35. The fourth-order valence-corrected chi connectivity index (χ4v) is 3.93. The Labute approximate surface area is 187 Å². The summed E-state index contributed by atoms with van der Waals surface area (Å²) in [5.41, 5.74) is 2.40. The summed E-state index contributed by atoms with van der Waals surface area (Å²) in [4.78, 5) is 6.74. The Kier molecular flexibility index (Phi) is 9.69. The maximum Gasteiger partial charge on any atom is 0.194 e. The molecule has 1 unspecified atom stereocenters. The molecule has 1 atom stereocenters. The van der Waals surface area contributed by atoms with Crippen LogP contribution >= 0.6 is 24.0 Å². The van der Waals surface area contributed by atoms with Gasteiger partial charge in [0.25, 0.3) is 0 Å². The Morgan fingerprint density at radius 3 is 2.61 bits per heavy atom. The summed E-state index contributed by atoms with van der Waals surface area (Å²) in [6.07, 6.45) is -0.0119. The minimum absolute atomic E-state index is 0. The van der Waals surface area contributed by atoms with Crippen molar-refractivity contribution in [3.05, 3.63) is 35.4 Å². The highest BCUT2D eigenvalue weighted by atomic mass is 127. The number of ether oxygens (including phenoxy) is 1. The fourth-order valence-electron chi connectivity index (χ4n) is 2.98. The topological polar surface area (TPSA) is 71.0 Å². The van der Waals surface area contributed by atoms with Crippen LogP contribution in [0.5, 0.6) is 0 Å². The minimum Gasteiger partial charge on any atom is -0.370 e. The molecule has 1 aliphatic rings. The maximum absolute atomic E-state index is 12.3. The molecule has 0 aromatic heterocycles. The first kappa shape index (κ1) is 25.2. The third-order valence-corrected chi connectivity index (χ3v) is 7.38. The van der Waals surface area contributed by atoms with Crippen molar-refractivity contribution in [2.75, 3.05) is 38.5 Å². The van der Waals surface area contributed by atoms with Gasteiger partial charge in [0.15, 0.2) is 15.8 Å². The van der Waals surface area contributed by atoms with E-state index in [1.165, 1.54) is 11.1 Å². The number of hydrogen-bond acceptors (Lipinski definition) is 4. The molecule has 28 heavy (non-hydrogen) atoms. The first-order valence-electron chi connectivity index (χ1n) is 9.58. The predicted octanol–water partition coefficient (Wildman–Crippen LogP) is 3.17. The van der Waals surface area contributed by atoms with Gasteiger partial charge in [0.1, 0.15) is 6.10 Å².